The first kappa shape index (κ1) is 18.3. The number of nitrogens with zero attached hydrogens (tertiary/aromatic N) is 4. The lowest BCUT2D eigenvalue weighted by Gasteiger charge is -2.21. The van der Waals surface area contributed by atoms with Gasteiger partial charge in [0.2, 0.25) is 0 Å². The molecule has 3 heterocycles. The number of carbonyl (C=O) groups excluding carboxylic acids is 1. The molecule has 2 fully saturated rings. The number of rotatable bonds is 4. The van der Waals surface area contributed by atoms with Crippen molar-refractivity contribution in [2.45, 2.75) is 57.9 Å². The number of benzene rings is 1. The van der Waals surface area contributed by atoms with Crippen molar-refractivity contribution < 1.29 is 4.79 Å². The van der Waals surface area contributed by atoms with E-state index in [0.717, 1.165) is 53.9 Å². The van der Waals surface area contributed by atoms with Gasteiger partial charge in [-0.2, -0.15) is 5.10 Å². The summed E-state index contributed by atoms with van der Waals surface area (Å²) in [6.07, 6.45) is 6.97. The molecule has 2 aromatic heterocycles. The minimum atomic E-state index is 0.156. The largest absolute Gasteiger partial charge is 0.339 e. The van der Waals surface area contributed by atoms with Gasteiger partial charge in [-0.3, -0.25) is 4.79 Å². The summed E-state index contributed by atoms with van der Waals surface area (Å²) >= 11 is 0. The van der Waals surface area contributed by atoms with Crippen LogP contribution in [0.2, 0.25) is 0 Å². The van der Waals surface area contributed by atoms with Gasteiger partial charge in [-0.25, -0.2) is 9.67 Å². The zero-order chi connectivity index (χ0) is 19.8. The lowest BCUT2D eigenvalue weighted by Crippen LogP contribution is -2.32. The molecular formula is C24H28N4O. The molecule has 5 heteroatoms. The van der Waals surface area contributed by atoms with Crippen LogP contribution in [0, 0.1) is 6.92 Å². The smallest absolute Gasteiger partial charge is 0.254 e. The quantitative estimate of drug-likeness (QED) is 0.652. The van der Waals surface area contributed by atoms with E-state index < -0.39 is 0 Å². The molecule has 3 aromatic rings. The van der Waals surface area contributed by atoms with Crippen LogP contribution in [0.15, 0.2) is 36.4 Å². The minimum Gasteiger partial charge on any atom is -0.339 e. The van der Waals surface area contributed by atoms with Crippen molar-refractivity contribution in [1.82, 2.24) is 19.7 Å². The predicted molar refractivity (Wildman–Crippen MR) is 114 cm³/mol. The molecule has 5 rings (SSSR count). The Morgan fingerprint density at radius 3 is 2.48 bits per heavy atom. The molecule has 0 bridgehead atoms. The third-order valence-corrected chi connectivity index (χ3v) is 6.19. The summed E-state index contributed by atoms with van der Waals surface area (Å²) in [7, 11) is 0. The second-order valence-electron chi connectivity index (χ2n) is 8.50. The van der Waals surface area contributed by atoms with Crippen LogP contribution >= 0.6 is 0 Å². The zero-order valence-corrected chi connectivity index (χ0v) is 17.1. The van der Waals surface area contributed by atoms with Crippen LogP contribution in [0.5, 0.6) is 0 Å². The van der Waals surface area contributed by atoms with Crippen molar-refractivity contribution in [3.63, 3.8) is 0 Å². The number of pyridine rings is 1. The van der Waals surface area contributed by atoms with Gasteiger partial charge < -0.3 is 4.90 Å². The fraction of sp³-hybridized carbons (Fsp3) is 0.458. The fourth-order valence-electron chi connectivity index (χ4n) is 4.44. The third-order valence-electron chi connectivity index (χ3n) is 6.19. The summed E-state index contributed by atoms with van der Waals surface area (Å²) in [4.78, 5) is 20.6. The summed E-state index contributed by atoms with van der Waals surface area (Å²) < 4.78 is 1.98. The fourth-order valence-corrected chi connectivity index (χ4v) is 4.44. The van der Waals surface area contributed by atoms with E-state index >= 15 is 0 Å². The molecule has 0 radical (unpaired) electrons. The highest BCUT2D eigenvalue weighted by atomic mass is 16.2. The van der Waals surface area contributed by atoms with E-state index in [1.165, 1.54) is 31.2 Å². The van der Waals surface area contributed by atoms with Crippen LogP contribution in [0.25, 0.3) is 11.0 Å². The average Bonchev–Trinajstić information content (AvgIpc) is 3.56. The Balaban J connectivity index is 1.60. The van der Waals surface area contributed by atoms with Gasteiger partial charge in [0.05, 0.1) is 23.2 Å². The Morgan fingerprint density at radius 2 is 1.79 bits per heavy atom. The van der Waals surface area contributed by atoms with Crippen molar-refractivity contribution in [2.24, 2.45) is 0 Å². The number of hydrogen-bond acceptors (Lipinski definition) is 3. The van der Waals surface area contributed by atoms with E-state index in [4.69, 9.17) is 10.1 Å². The molecule has 1 aliphatic carbocycles. The third kappa shape index (κ3) is 3.66. The number of carbonyl (C=O) groups is 1. The zero-order valence-electron chi connectivity index (χ0n) is 17.1. The van der Waals surface area contributed by atoms with Crippen molar-refractivity contribution in [3.8, 4) is 0 Å². The maximum absolute atomic E-state index is 13.5. The summed E-state index contributed by atoms with van der Waals surface area (Å²) in [6, 6.07) is 12.4. The molecule has 1 saturated heterocycles. The van der Waals surface area contributed by atoms with Crippen LogP contribution in [0.4, 0.5) is 0 Å². The molecule has 29 heavy (non-hydrogen) atoms. The van der Waals surface area contributed by atoms with E-state index in [0.29, 0.717) is 12.5 Å². The molecule has 1 aliphatic heterocycles. The molecule has 0 N–H and O–H groups in total. The minimum absolute atomic E-state index is 0.156. The molecule has 2 aliphatic rings. The van der Waals surface area contributed by atoms with E-state index in [1.54, 1.807) is 0 Å². The molecule has 1 amide bonds. The van der Waals surface area contributed by atoms with Gasteiger partial charge in [-0.05, 0) is 44.2 Å². The molecule has 150 valence electrons. The number of aryl methyl sites for hydroxylation is 1. The van der Waals surface area contributed by atoms with Gasteiger partial charge in [0.25, 0.3) is 5.91 Å². The monoisotopic (exact) mass is 388 g/mol. The van der Waals surface area contributed by atoms with Gasteiger partial charge in [0.15, 0.2) is 5.65 Å². The standard InChI is InChI=1S/C24H28N4O/c1-17-22-20(24(29)27-13-7-2-3-8-14-27)15-21(19-11-12-19)25-23(22)28(26-17)16-18-9-5-4-6-10-18/h4-6,9-10,15,19H,2-3,7-8,11-14,16H2,1H3. The van der Waals surface area contributed by atoms with Crippen molar-refractivity contribution >= 4 is 16.9 Å². The van der Waals surface area contributed by atoms with E-state index in [2.05, 4.69) is 18.2 Å². The van der Waals surface area contributed by atoms with Crippen molar-refractivity contribution in [3.05, 3.63) is 58.9 Å². The summed E-state index contributed by atoms with van der Waals surface area (Å²) in [5.74, 6) is 0.652. The number of amides is 1. The van der Waals surface area contributed by atoms with Gasteiger partial charge in [0.1, 0.15) is 0 Å². The SMILES string of the molecule is Cc1nn(Cc2ccccc2)c2nc(C3CC3)cc(C(=O)N3CCCCCC3)c12. The van der Waals surface area contributed by atoms with Crippen LogP contribution in [0.3, 0.4) is 0 Å². The lowest BCUT2D eigenvalue weighted by atomic mass is 10.1. The highest BCUT2D eigenvalue weighted by molar-refractivity contribution is 6.06. The highest BCUT2D eigenvalue weighted by Gasteiger charge is 2.30. The number of hydrogen-bond donors (Lipinski definition) is 0. The highest BCUT2D eigenvalue weighted by Crippen LogP contribution is 2.40. The Kier molecular flexibility index (Phi) is 4.82. The predicted octanol–water partition coefficient (Wildman–Crippen LogP) is 4.68. The van der Waals surface area contributed by atoms with Crippen LogP contribution in [-0.4, -0.2) is 38.7 Å². The summed E-state index contributed by atoms with van der Waals surface area (Å²) in [5, 5.41) is 5.73. The molecule has 0 atom stereocenters. The summed E-state index contributed by atoms with van der Waals surface area (Å²) in [6.45, 7) is 4.39. The van der Waals surface area contributed by atoms with Crippen molar-refractivity contribution in [2.75, 3.05) is 13.1 Å². The molecule has 1 aromatic carbocycles. The first-order chi connectivity index (χ1) is 14.2. The first-order valence-electron chi connectivity index (χ1n) is 10.9. The molecule has 0 spiro atoms. The number of aromatic nitrogens is 3. The molecular weight excluding hydrogens is 360 g/mol. The molecule has 5 nitrogen and oxygen atoms in total. The molecule has 0 unspecified atom stereocenters. The average molecular weight is 389 g/mol. The Hall–Kier alpha value is -2.69. The van der Waals surface area contributed by atoms with Crippen LogP contribution in [-0.2, 0) is 6.54 Å². The topological polar surface area (TPSA) is 51.0 Å². The van der Waals surface area contributed by atoms with Crippen molar-refractivity contribution in [1.29, 1.82) is 0 Å². The van der Waals surface area contributed by atoms with E-state index in [-0.39, 0.29) is 5.91 Å². The maximum atomic E-state index is 13.5. The second kappa shape index (κ2) is 7.62. The Labute approximate surface area is 171 Å². The lowest BCUT2D eigenvalue weighted by molar-refractivity contribution is 0.0763. The van der Waals surface area contributed by atoms with Gasteiger partial charge >= 0.3 is 0 Å². The first-order valence-corrected chi connectivity index (χ1v) is 10.9. The Bertz CT molecular complexity index is 1030. The van der Waals surface area contributed by atoms with Crippen LogP contribution < -0.4 is 0 Å². The van der Waals surface area contributed by atoms with E-state index in [9.17, 15) is 4.79 Å². The second-order valence-corrected chi connectivity index (χ2v) is 8.50. The van der Waals surface area contributed by atoms with E-state index in [1.807, 2.05) is 34.7 Å². The van der Waals surface area contributed by atoms with Gasteiger partial charge in [-0.1, -0.05) is 43.2 Å². The van der Waals surface area contributed by atoms with Crippen LogP contribution in [0.1, 0.15) is 71.8 Å². The Morgan fingerprint density at radius 1 is 1.07 bits per heavy atom. The summed E-state index contributed by atoms with van der Waals surface area (Å²) in [5.41, 5.74) is 4.80. The number of fused-ring (bicyclic) bond motifs is 1. The van der Waals surface area contributed by atoms with Gasteiger partial charge in [-0.15, -0.1) is 0 Å². The molecule has 1 saturated carbocycles. The normalized spacial score (nSPS) is 17.5. The van der Waals surface area contributed by atoms with Gasteiger partial charge in [0, 0.05) is 24.7 Å². The maximum Gasteiger partial charge on any atom is 0.254 e. The number of likely N-dealkylation sites (tertiary alicyclic amines) is 1.